The van der Waals surface area contributed by atoms with Crippen LogP contribution in [0.4, 0.5) is 0 Å². The molecule has 1 aromatic rings. The lowest BCUT2D eigenvalue weighted by Gasteiger charge is -2.20. The molecular weight excluding hydrogens is 260 g/mol. The topological polar surface area (TPSA) is 28.4 Å². The zero-order chi connectivity index (χ0) is 15.1. The van der Waals surface area contributed by atoms with E-state index in [4.69, 9.17) is 4.42 Å². The summed E-state index contributed by atoms with van der Waals surface area (Å²) in [6.07, 6.45) is 7.14. The van der Waals surface area contributed by atoms with Crippen LogP contribution in [-0.2, 0) is 13.1 Å². The van der Waals surface area contributed by atoms with Crippen LogP contribution in [0.3, 0.4) is 0 Å². The maximum atomic E-state index is 5.73. The first kappa shape index (κ1) is 16.6. The van der Waals surface area contributed by atoms with Crippen molar-refractivity contribution in [2.45, 2.75) is 59.5 Å². The van der Waals surface area contributed by atoms with E-state index in [1.165, 1.54) is 44.3 Å². The molecule has 21 heavy (non-hydrogen) atoms. The van der Waals surface area contributed by atoms with Crippen LogP contribution in [0, 0.1) is 11.8 Å². The number of hydrogen-bond acceptors (Lipinski definition) is 3. The molecule has 1 fully saturated rings. The standard InChI is InChI=1S/C18H32N2O/c1-4-8-19-12-16-11-18(21-14-16)13-20-9-5-6-17(7-10-20)15(2)3/h11,14-15,17,19H,4-10,12-13H2,1-3H3. The fourth-order valence-corrected chi connectivity index (χ4v) is 3.24. The van der Waals surface area contributed by atoms with Crippen LogP contribution in [0.15, 0.2) is 16.7 Å². The predicted molar refractivity (Wildman–Crippen MR) is 88.2 cm³/mol. The molecule has 1 saturated heterocycles. The molecule has 1 unspecified atom stereocenters. The van der Waals surface area contributed by atoms with E-state index in [0.29, 0.717) is 0 Å². The number of nitrogens with zero attached hydrogens (tertiary/aromatic N) is 1. The lowest BCUT2D eigenvalue weighted by Crippen LogP contribution is -2.24. The van der Waals surface area contributed by atoms with Gasteiger partial charge in [-0.15, -0.1) is 0 Å². The molecule has 1 aliphatic rings. The van der Waals surface area contributed by atoms with Crippen LogP contribution in [0.2, 0.25) is 0 Å². The summed E-state index contributed by atoms with van der Waals surface area (Å²) in [7, 11) is 0. The van der Waals surface area contributed by atoms with Gasteiger partial charge in [0.25, 0.3) is 0 Å². The van der Waals surface area contributed by atoms with Crippen LogP contribution >= 0.6 is 0 Å². The van der Waals surface area contributed by atoms with Gasteiger partial charge in [0.1, 0.15) is 5.76 Å². The minimum atomic E-state index is 0.824. The van der Waals surface area contributed by atoms with Crippen molar-refractivity contribution in [3.63, 3.8) is 0 Å². The van der Waals surface area contributed by atoms with Crippen LogP contribution in [0.1, 0.15) is 57.8 Å². The lowest BCUT2D eigenvalue weighted by atomic mass is 9.89. The normalized spacial score (nSPS) is 20.9. The Hall–Kier alpha value is -0.800. The number of likely N-dealkylation sites (tertiary alicyclic amines) is 1. The fourth-order valence-electron chi connectivity index (χ4n) is 3.24. The van der Waals surface area contributed by atoms with E-state index >= 15 is 0 Å². The first-order valence-electron chi connectivity index (χ1n) is 8.68. The van der Waals surface area contributed by atoms with Gasteiger partial charge in [0.05, 0.1) is 12.8 Å². The first-order chi connectivity index (χ1) is 10.2. The third kappa shape index (κ3) is 5.48. The van der Waals surface area contributed by atoms with Gasteiger partial charge in [-0.05, 0) is 63.2 Å². The van der Waals surface area contributed by atoms with E-state index in [1.807, 2.05) is 6.26 Å². The molecule has 3 heteroatoms. The predicted octanol–water partition coefficient (Wildman–Crippen LogP) is 4.04. The van der Waals surface area contributed by atoms with E-state index in [0.717, 1.165) is 37.2 Å². The Bertz CT molecular complexity index is 400. The maximum absolute atomic E-state index is 5.73. The molecule has 1 aromatic heterocycles. The quantitative estimate of drug-likeness (QED) is 0.769. The zero-order valence-electron chi connectivity index (χ0n) is 14.0. The largest absolute Gasteiger partial charge is 0.468 e. The van der Waals surface area contributed by atoms with E-state index in [-0.39, 0.29) is 0 Å². The third-order valence-electron chi connectivity index (χ3n) is 4.65. The van der Waals surface area contributed by atoms with Crippen molar-refractivity contribution in [2.24, 2.45) is 11.8 Å². The molecule has 0 spiro atoms. The van der Waals surface area contributed by atoms with E-state index in [1.54, 1.807) is 0 Å². The van der Waals surface area contributed by atoms with Gasteiger partial charge < -0.3 is 9.73 Å². The average Bonchev–Trinajstić information content (AvgIpc) is 2.76. The third-order valence-corrected chi connectivity index (χ3v) is 4.65. The van der Waals surface area contributed by atoms with Crippen LogP contribution in [-0.4, -0.2) is 24.5 Å². The molecule has 120 valence electrons. The molecule has 0 aromatic carbocycles. The van der Waals surface area contributed by atoms with Gasteiger partial charge in [-0.25, -0.2) is 0 Å². The molecule has 0 amide bonds. The van der Waals surface area contributed by atoms with Gasteiger partial charge in [-0.3, -0.25) is 4.90 Å². The van der Waals surface area contributed by atoms with Crippen molar-refractivity contribution in [3.8, 4) is 0 Å². The van der Waals surface area contributed by atoms with E-state index in [2.05, 4.69) is 37.1 Å². The minimum absolute atomic E-state index is 0.824. The molecule has 0 saturated carbocycles. The summed E-state index contributed by atoms with van der Waals surface area (Å²) in [4.78, 5) is 2.56. The second kappa shape index (κ2) is 8.60. The summed E-state index contributed by atoms with van der Waals surface area (Å²) >= 11 is 0. The Balaban J connectivity index is 1.79. The Morgan fingerprint density at radius 1 is 1.33 bits per heavy atom. The lowest BCUT2D eigenvalue weighted by molar-refractivity contribution is 0.244. The Morgan fingerprint density at radius 3 is 2.95 bits per heavy atom. The smallest absolute Gasteiger partial charge is 0.118 e. The second-order valence-electron chi connectivity index (χ2n) is 6.81. The Morgan fingerprint density at radius 2 is 2.19 bits per heavy atom. The summed E-state index contributed by atoms with van der Waals surface area (Å²) in [5.74, 6) is 2.84. The van der Waals surface area contributed by atoms with Crippen LogP contribution in [0.25, 0.3) is 0 Å². The number of furan rings is 1. The summed E-state index contributed by atoms with van der Waals surface area (Å²) in [5.41, 5.74) is 1.27. The van der Waals surface area contributed by atoms with E-state index in [9.17, 15) is 0 Å². The van der Waals surface area contributed by atoms with Crippen molar-refractivity contribution in [2.75, 3.05) is 19.6 Å². The summed E-state index contributed by atoms with van der Waals surface area (Å²) in [5, 5.41) is 3.42. The fraction of sp³-hybridized carbons (Fsp3) is 0.778. The van der Waals surface area contributed by atoms with Crippen molar-refractivity contribution in [1.29, 1.82) is 0 Å². The van der Waals surface area contributed by atoms with Gasteiger partial charge in [-0.2, -0.15) is 0 Å². The molecule has 1 aliphatic heterocycles. The highest BCUT2D eigenvalue weighted by Crippen LogP contribution is 2.25. The second-order valence-corrected chi connectivity index (χ2v) is 6.81. The van der Waals surface area contributed by atoms with Gasteiger partial charge in [0, 0.05) is 12.1 Å². The highest BCUT2D eigenvalue weighted by molar-refractivity contribution is 5.12. The van der Waals surface area contributed by atoms with Crippen molar-refractivity contribution in [1.82, 2.24) is 10.2 Å². The molecular formula is C18H32N2O. The molecule has 0 bridgehead atoms. The van der Waals surface area contributed by atoms with Crippen molar-refractivity contribution in [3.05, 3.63) is 23.7 Å². The maximum Gasteiger partial charge on any atom is 0.118 e. The molecule has 2 heterocycles. The number of nitrogens with one attached hydrogen (secondary N) is 1. The summed E-state index contributed by atoms with van der Waals surface area (Å²) in [6.45, 7) is 12.3. The van der Waals surface area contributed by atoms with Gasteiger partial charge in [0.2, 0.25) is 0 Å². The first-order valence-corrected chi connectivity index (χ1v) is 8.68. The number of hydrogen-bond donors (Lipinski definition) is 1. The summed E-state index contributed by atoms with van der Waals surface area (Å²) in [6, 6.07) is 2.22. The van der Waals surface area contributed by atoms with E-state index < -0.39 is 0 Å². The van der Waals surface area contributed by atoms with Gasteiger partial charge >= 0.3 is 0 Å². The Kier molecular flexibility index (Phi) is 6.78. The van der Waals surface area contributed by atoms with Crippen molar-refractivity contribution < 1.29 is 4.42 Å². The molecule has 0 radical (unpaired) electrons. The molecule has 3 nitrogen and oxygen atoms in total. The monoisotopic (exact) mass is 292 g/mol. The Labute approximate surface area is 130 Å². The number of rotatable bonds is 7. The van der Waals surface area contributed by atoms with Crippen molar-refractivity contribution >= 4 is 0 Å². The SMILES string of the molecule is CCCNCc1coc(CN2CCCC(C(C)C)CC2)c1. The highest BCUT2D eigenvalue weighted by Gasteiger charge is 2.20. The molecule has 1 atom stereocenters. The van der Waals surface area contributed by atoms with Gasteiger partial charge in [0.15, 0.2) is 0 Å². The highest BCUT2D eigenvalue weighted by atomic mass is 16.3. The average molecular weight is 292 g/mol. The molecule has 2 rings (SSSR count). The van der Waals surface area contributed by atoms with Crippen LogP contribution < -0.4 is 5.32 Å². The van der Waals surface area contributed by atoms with Gasteiger partial charge in [-0.1, -0.05) is 20.8 Å². The zero-order valence-corrected chi connectivity index (χ0v) is 14.0. The molecule has 1 N–H and O–H groups in total. The summed E-state index contributed by atoms with van der Waals surface area (Å²) < 4.78 is 5.73. The minimum Gasteiger partial charge on any atom is -0.468 e. The molecule has 0 aliphatic carbocycles. The van der Waals surface area contributed by atoms with Crippen LogP contribution in [0.5, 0.6) is 0 Å².